The minimum absolute atomic E-state index is 0.119. The normalized spacial score (nSPS) is 11.1. The zero-order valence-corrected chi connectivity index (χ0v) is 49.0. The van der Waals surface area contributed by atoms with Crippen LogP contribution in [-0.2, 0) is 63.2 Å². The number of carbonyl (C=O) groups is 4. The first-order valence-electron chi connectivity index (χ1n) is 28.0. The molecule has 0 fully saturated rings. The molecular weight excluding hydrogens is 1090 g/mol. The molecule has 4 aromatic heterocycles. The van der Waals surface area contributed by atoms with E-state index in [2.05, 4.69) is 136 Å². The van der Waals surface area contributed by atoms with Gasteiger partial charge in [0.25, 0.3) is 17.7 Å². The van der Waals surface area contributed by atoms with Gasteiger partial charge in [-0.15, -0.1) is 0 Å². The molecule has 0 bridgehead atoms. The monoisotopic (exact) mass is 1160 g/mol. The number of aromatic nitrogens is 7. The summed E-state index contributed by atoms with van der Waals surface area (Å²) in [6, 6.07) is 45.5. The van der Waals surface area contributed by atoms with Gasteiger partial charge in [0.05, 0.1) is 56.4 Å². The van der Waals surface area contributed by atoms with Crippen molar-refractivity contribution in [3.63, 3.8) is 0 Å². The van der Waals surface area contributed by atoms with E-state index >= 15 is 0 Å². The number of nitrogens with zero attached hydrogens (tertiary/aromatic N) is 3. The Morgan fingerprint density at radius 3 is 1.36 bits per heavy atom. The number of halogens is 2. The molecule has 11 N–H and O–H groups in total. The highest BCUT2D eigenvalue weighted by molar-refractivity contribution is 6.30. The van der Waals surface area contributed by atoms with Crippen molar-refractivity contribution in [2.75, 3.05) is 0 Å². The SMILES string of the molecule is Cc1ccc(CCc2n[nH]c(Cc3ccc(C(=O)O)cc3)c2C(N)=O)cc1.Cc1ccc(CCc2n[nH]c(Cc3ccc(C(C)(C)C)cc3)c2C(N)=O)cc1.NC(=O)c1c(CCc2c[nH]cc2-c2ccc(F)cc2)n[nH]c1Cc1cccc(Cl)c1. The lowest BCUT2D eigenvalue weighted by molar-refractivity contribution is 0.0696. The van der Waals surface area contributed by atoms with Crippen molar-refractivity contribution in [1.82, 2.24) is 35.6 Å². The van der Waals surface area contributed by atoms with E-state index in [9.17, 15) is 23.6 Å². The summed E-state index contributed by atoms with van der Waals surface area (Å²) in [7, 11) is 0. The van der Waals surface area contributed by atoms with Crippen molar-refractivity contribution in [1.29, 1.82) is 0 Å². The summed E-state index contributed by atoms with van der Waals surface area (Å²) in [6.45, 7) is 10.7. The van der Waals surface area contributed by atoms with Gasteiger partial charge in [-0.1, -0.05) is 153 Å². The quantitative estimate of drug-likeness (QED) is 0.0363. The van der Waals surface area contributed by atoms with Crippen LogP contribution in [0, 0.1) is 19.7 Å². The van der Waals surface area contributed by atoms with E-state index in [0.29, 0.717) is 89.4 Å². The van der Waals surface area contributed by atoms with Crippen LogP contribution in [-0.4, -0.2) is 64.4 Å². The van der Waals surface area contributed by atoms with Crippen LogP contribution in [0.5, 0.6) is 0 Å². The minimum atomic E-state index is -0.973. The van der Waals surface area contributed by atoms with Gasteiger partial charge in [-0.3, -0.25) is 29.7 Å². The fourth-order valence-electron chi connectivity index (χ4n) is 10.00. The highest BCUT2D eigenvalue weighted by Crippen LogP contribution is 2.28. The zero-order chi connectivity index (χ0) is 60.8. The summed E-state index contributed by atoms with van der Waals surface area (Å²) in [5.41, 5.74) is 34.8. The predicted octanol–water partition coefficient (Wildman–Crippen LogP) is 12.1. The summed E-state index contributed by atoms with van der Waals surface area (Å²) >= 11 is 6.06. The van der Waals surface area contributed by atoms with E-state index in [4.69, 9.17) is 33.9 Å². The van der Waals surface area contributed by atoms with Gasteiger partial charge in [-0.05, 0) is 139 Å². The number of nitrogens with one attached hydrogen (secondary N) is 4. The number of carboxylic acids is 1. The molecule has 0 aliphatic heterocycles. The molecule has 0 saturated carbocycles. The van der Waals surface area contributed by atoms with E-state index in [-0.39, 0.29) is 16.8 Å². The second kappa shape index (κ2) is 28.1. The first-order chi connectivity index (χ1) is 40.7. The third-order valence-electron chi connectivity index (χ3n) is 14.7. The maximum atomic E-state index is 13.2. The fourth-order valence-corrected chi connectivity index (χ4v) is 10.2. The second-order valence-electron chi connectivity index (χ2n) is 22.1. The predicted molar refractivity (Wildman–Crippen MR) is 330 cm³/mol. The summed E-state index contributed by atoms with van der Waals surface area (Å²) < 4.78 is 13.2. The maximum absolute atomic E-state index is 13.2. The Labute approximate surface area is 498 Å². The Morgan fingerprint density at radius 1 is 0.518 bits per heavy atom. The van der Waals surface area contributed by atoms with Crippen LogP contribution in [0.3, 0.4) is 0 Å². The Morgan fingerprint density at radius 2 is 0.941 bits per heavy atom. The molecule has 3 amide bonds. The molecule has 17 heteroatoms. The molecule has 0 atom stereocenters. The summed E-state index contributed by atoms with van der Waals surface area (Å²) in [5, 5.41) is 31.6. The summed E-state index contributed by atoms with van der Waals surface area (Å²) in [4.78, 5) is 50.3. The molecular formula is C68H70ClFN10O5. The lowest BCUT2D eigenvalue weighted by Crippen LogP contribution is -2.15. The van der Waals surface area contributed by atoms with Crippen molar-refractivity contribution in [2.24, 2.45) is 17.2 Å². The Hall–Kier alpha value is -9.67. The van der Waals surface area contributed by atoms with Gasteiger partial charge in [-0.25, -0.2) is 9.18 Å². The zero-order valence-electron chi connectivity index (χ0n) is 48.3. The molecule has 0 aliphatic carbocycles. The third-order valence-corrected chi connectivity index (χ3v) is 14.9. The molecule has 10 aromatic rings. The maximum Gasteiger partial charge on any atom is 0.335 e. The van der Waals surface area contributed by atoms with E-state index < -0.39 is 23.7 Å². The van der Waals surface area contributed by atoms with Crippen LogP contribution < -0.4 is 17.2 Å². The molecule has 85 heavy (non-hydrogen) atoms. The molecule has 436 valence electrons. The van der Waals surface area contributed by atoms with Crippen molar-refractivity contribution >= 4 is 35.3 Å². The Kier molecular flexibility index (Phi) is 20.3. The molecule has 15 nitrogen and oxygen atoms in total. The van der Waals surface area contributed by atoms with E-state index in [0.717, 1.165) is 57.6 Å². The number of amides is 3. The lowest BCUT2D eigenvalue weighted by atomic mass is 9.86. The number of nitrogens with two attached hydrogens (primary N) is 3. The number of aromatic carboxylic acids is 1. The average Bonchev–Trinajstić information content (AvgIpc) is 4.52. The van der Waals surface area contributed by atoms with Gasteiger partial charge in [0.1, 0.15) is 5.82 Å². The minimum Gasteiger partial charge on any atom is -0.478 e. The number of H-pyrrole nitrogens is 4. The van der Waals surface area contributed by atoms with Gasteiger partial charge < -0.3 is 27.3 Å². The van der Waals surface area contributed by atoms with Gasteiger partial charge in [0.15, 0.2) is 0 Å². The van der Waals surface area contributed by atoms with Crippen molar-refractivity contribution in [3.8, 4) is 11.1 Å². The highest BCUT2D eigenvalue weighted by Gasteiger charge is 2.22. The van der Waals surface area contributed by atoms with E-state index in [1.54, 1.807) is 30.3 Å². The smallest absolute Gasteiger partial charge is 0.335 e. The van der Waals surface area contributed by atoms with Crippen molar-refractivity contribution in [2.45, 2.75) is 97.8 Å². The molecule has 4 heterocycles. The molecule has 0 spiro atoms. The number of aryl methyl sites for hydroxylation is 8. The van der Waals surface area contributed by atoms with Crippen LogP contribution in [0.25, 0.3) is 11.1 Å². The van der Waals surface area contributed by atoms with Crippen molar-refractivity contribution in [3.05, 3.63) is 275 Å². The standard InChI is InChI=1S/C24H29N3O.C23H20ClFN4O.C21H21N3O3/c1-16-5-7-17(8-6-16)11-14-20-22(23(25)28)21(27-26-20)15-18-9-12-19(13-10-18)24(2,3)4;24-17-3-1-2-14(10-17)11-21-22(23(26)30)20(28-29-21)9-6-16-12-27-13-19(16)15-4-7-18(25)8-5-15;1-13-2-4-14(5-3-13)8-11-17-19(20(22)25)18(24-23-17)12-15-6-9-16(10-7-15)21(26)27/h5-10,12-13H,11,14-15H2,1-4H3,(H2,25,28)(H,26,27);1-5,7-8,10,12-13,27H,6,9,11H2,(H2,26,30)(H,28,29);2-7,9-10H,8,11-12H2,1H3,(H2,22,25)(H,23,24)(H,26,27). The van der Waals surface area contributed by atoms with Crippen LogP contribution in [0.1, 0.15) is 146 Å². The molecule has 0 aliphatic rings. The van der Waals surface area contributed by atoms with E-state index in [1.807, 2.05) is 37.5 Å². The first kappa shape index (κ1) is 61.4. The van der Waals surface area contributed by atoms with Gasteiger partial charge in [-0.2, -0.15) is 15.3 Å². The second-order valence-corrected chi connectivity index (χ2v) is 22.6. The fraction of sp³-hybridized carbons (Fsp3) is 0.221. The van der Waals surface area contributed by atoms with Gasteiger partial charge in [0, 0.05) is 42.2 Å². The number of hydrogen-bond donors (Lipinski definition) is 8. The molecule has 10 rings (SSSR count). The Balaban J connectivity index is 0.000000166. The van der Waals surface area contributed by atoms with Crippen LogP contribution in [0.15, 0.2) is 158 Å². The summed E-state index contributed by atoms with van der Waals surface area (Å²) in [5.74, 6) is -2.69. The third kappa shape index (κ3) is 16.8. The molecule has 0 unspecified atom stereocenters. The average molecular weight is 1160 g/mol. The summed E-state index contributed by atoms with van der Waals surface area (Å²) in [6.07, 6.45) is 9.37. The molecule has 6 aromatic carbocycles. The van der Waals surface area contributed by atoms with Crippen molar-refractivity contribution < 1.29 is 28.7 Å². The van der Waals surface area contributed by atoms with Crippen LogP contribution in [0.2, 0.25) is 5.02 Å². The van der Waals surface area contributed by atoms with Crippen LogP contribution >= 0.6 is 11.6 Å². The number of carboxylic acid groups (broad SMARTS) is 1. The number of benzene rings is 6. The highest BCUT2D eigenvalue weighted by atomic mass is 35.5. The number of carbonyl (C=O) groups excluding carboxylic acids is 3. The van der Waals surface area contributed by atoms with Crippen LogP contribution in [0.4, 0.5) is 4.39 Å². The number of aromatic amines is 4. The largest absolute Gasteiger partial charge is 0.478 e. The number of rotatable bonds is 20. The lowest BCUT2D eigenvalue weighted by Gasteiger charge is -2.19. The molecule has 0 radical (unpaired) electrons. The van der Waals surface area contributed by atoms with Gasteiger partial charge >= 0.3 is 5.97 Å². The van der Waals surface area contributed by atoms with E-state index in [1.165, 1.54) is 52.1 Å². The number of hydrogen-bond acceptors (Lipinski definition) is 7. The van der Waals surface area contributed by atoms with Gasteiger partial charge in [0.2, 0.25) is 0 Å². The molecule has 0 saturated heterocycles. The number of primary amides is 3. The first-order valence-corrected chi connectivity index (χ1v) is 28.3. The Bertz CT molecular complexity index is 3890. The topological polar surface area (TPSA) is 268 Å².